The number of aromatic nitrogens is 1. The van der Waals surface area contributed by atoms with E-state index in [0.29, 0.717) is 17.4 Å². The van der Waals surface area contributed by atoms with Gasteiger partial charge in [0.05, 0.1) is 22.4 Å². The van der Waals surface area contributed by atoms with Crippen LogP contribution >= 0.6 is 11.3 Å². The lowest BCUT2D eigenvalue weighted by Crippen LogP contribution is -2.47. The summed E-state index contributed by atoms with van der Waals surface area (Å²) in [6.07, 6.45) is -3.08. The first-order valence-electron chi connectivity index (χ1n) is 12.9. The van der Waals surface area contributed by atoms with Crippen molar-refractivity contribution >= 4 is 27.5 Å². The molecule has 4 aromatic rings. The van der Waals surface area contributed by atoms with E-state index >= 15 is 0 Å². The highest BCUT2D eigenvalue weighted by atomic mass is 32.1. The van der Waals surface area contributed by atoms with E-state index in [1.54, 1.807) is 24.3 Å². The van der Waals surface area contributed by atoms with Gasteiger partial charge in [-0.25, -0.2) is 9.78 Å². The Morgan fingerprint density at radius 1 is 0.974 bits per heavy atom. The largest absolute Gasteiger partial charge is 0.460 e. The van der Waals surface area contributed by atoms with Gasteiger partial charge in [-0.1, -0.05) is 72.0 Å². The minimum atomic E-state index is -0.822. The van der Waals surface area contributed by atoms with Crippen molar-refractivity contribution in [3.63, 3.8) is 0 Å². The number of thiazole rings is 1. The molecule has 202 valence electrons. The van der Waals surface area contributed by atoms with Gasteiger partial charge in [0.2, 0.25) is 0 Å². The van der Waals surface area contributed by atoms with Gasteiger partial charge in [-0.05, 0) is 43.7 Å². The maximum absolute atomic E-state index is 12.8. The third kappa shape index (κ3) is 5.83. The lowest BCUT2D eigenvalue weighted by Gasteiger charge is -2.30. The molecule has 2 saturated heterocycles. The van der Waals surface area contributed by atoms with E-state index < -0.39 is 42.5 Å². The van der Waals surface area contributed by atoms with Crippen LogP contribution in [0.25, 0.3) is 10.2 Å². The predicted molar refractivity (Wildman–Crippen MR) is 144 cm³/mol. The van der Waals surface area contributed by atoms with Crippen molar-refractivity contribution in [1.29, 1.82) is 0 Å². The van der Waals surface area contributed by atoms with E-state index in [2.05, 4.69) is 4.98 Å². The number of para-hydroxylation sites is 1. The van der Waals surface area contributed by atoms with E-state index in [1.807, 2.05) is 74.5 Å². The monoisotopic (exact) mass is 547 g/mol. The quantitative estimate of drug-likeness (QED) is 0.259. The van der Waals surface area contributed by atoms with E-state index in [9.17, 15) is 4.79 Å². The zero-order valence-electron chi connectivity index (χ0n) is 21.6. The number of ether oxygens (including phenoxy) is 6. The summed E-state index contributed by atoms with van der Waals surface area (Å²) < 4.78 is 38.1. The molecule has 0 saturated carbocycles. The molecule has 6 rings (SSSR count). The number of carbonyl (C=O) groups excluding carboxylic acids is 1. The molecule has 0 amide bonds. The molecule has 8 nitrogen and oxygen atoms in total. The highest BCUT2D eigenvalue weighted by Crippen LogP contribution is 2.41. The molecule has 0 bridgehead atoms. The lowest BCUT2D eigenvalue weighted by atomic mass is 10.1. The van der Waals surface area contributed by atoms with E-state index in [-0.39, 0.29) is 6.61 Å². The van der Waals surface area contributed by atoms with Crippen LogP contribution in [-0.4, -0.2) is 54.1 Å². The zero-order chi connectivity index (χ0) is 26.8. The number of hydrogen-bond donors (Lipinski definition) is 0. The Morgan fingerprint density at radius 3 is 2.46 bits per heavy atom. The Morgan fingerprint density at radius 2 is 1.69 bits per heavy atom. The molecule has 0 aliphatic carbocycles. The Balaban J connectivity index is 1.27. The second-order valence-corrected chi connectivity index (χ2v) is 10.9. The Bertz CT molecular complexity index is 1380. The fourth-order valence-electron chi connectivity index (χ4n) is 4.80. The van der Waals surface area contributed by atoms with Crippen LogP contribution in [0.1, 0.15) is 29.8 Å². The minimum absolute atomic E-state index is 0.0810. The number of nitrogens with zero attached hydrogens (tertiary/aromatic N) is 1. The topological polar surface area (TPSA) is 85.3 Å². The van der Waals surface area contributed by atoms with Gasteiger partial charge in [0.1, 0.15) is 24.9 Å². The van der Waals surface area contributed by atoms with Crippen LogP contribution in [0, 0.1) is 0 Å². The number of hydrogen-bond acceptors (Lipinski definition) is 9. The van der Waals surface area contributed by atoms with E-state index in [4.69, 9.17) is 28.4 Å². The van der Waals surface area contributed by atoms with Crippen LogP contribution in [0.15, 0.2) is 84.9 Å². The third-order valence-electron chi connectivity index (χ3n) is 6.59. The molecule has 0 spiro atoms. The maximum Gasteiger partial charge on any atom is 0.338 e. The lowest BCUT2D eigenvalue weighted by molar-refractivity contribution is -0.230. The molecule has 3 aromatic carbocycles. The van der Waals surface area contributed by atoms with Crippen molar-refractivity contribution in [2.45, 2.75) is 56.9 Å². The molecule has 5 atom stereocenters. The van der Waals surface area contributed by atoms with Gasteiger partial charge in [0.15, 0.2) is 18.2 Å². The first kappa shape index (κ1) is 25.9. The molecule has 0 radical (unpaired) electrons. The average Bonchev–Trinajstić information content (AvgIpc) is 3.59. The summed E-state index contributed by atoms with van der Waals surface area (Å²) in [6.45, 7) is 3.95. The SMILES string of the molecule is CC1(C)O[C@H]2O[C@H]([C@H](COC(=O)c3ccccc3)Oc3nc4ccccc4s3)[C@H](OCc3ccccc3)[C@H]2O1. The van der Waals surface area contributed by atoms with Crippen LogP contribution < -0.4 is 4.74 Å². The highest BCUT2D eigenvalue weighted by Gasteiger charge is 2.58. The number of esters is 1. The fourth-order valence-corrected chi connectivity index (χ4v) is 5.67. The standard InChI is InChI=1S/C30H29NO7S/c1-30(2)37-26-25(33-17-19-11-5-3-6-12-19)24(36-28(26)38-30)22(18-34-27(32)20-13-7-4-8-14-20)35-29-31-21-15-9-10-16-23(21)39-29/h3-16,22,24-26,28H,17-18H2,1-2H3/t22-,24+,25-,26+,28+/m0/s1. The summed E-state index contributed by atoms with van der Waals surface area (Å²) in [4.78, 5) is 17.4. The minimum Gasteiger partial charge on any atom is -0.460 e. The third-order valence-corrected chi connectivity index (χ3v) is 7.52. The van der Waals surface area contributed by atoms with Gasteiger partial charge in [-0.15, -0.1) is 0 Å². The van der Waals surface area contributed by atoms with Crippen LogP contribution in [0.4, 0.5) is 0 Å². The summed E-state index contributed by atoms with van der Waals surface area (Å²) in [5.41, 5.74) is 2.29. The van der Waals surface area contributed by atoms with Gasteiger partial charge in [-0.3, -0.25) is 0 Å². The first-order valence-corrected chi connectivity index (χ1v) is 13.7. The molecule has 0 N–H and O–H groups in total. The molecule has 39 heavy (non-hydrogen) atoms. The Labute approximate surface area is 230 Å². The number of fused-ring (bicyclic) bond motifs is 2. The van der Waals surface area contributed by atoms with Gasteiger partial charge < -0.3 is 28.4 Å². The van der Waals surface area contributed by atoms with Crippen LogP contribution in [0.3, 0.4) is 0 Å². The van der Waals surface area contributed by atoms with Gasteiger partial charge in [0.25, 0.3) is 5.19 Å². The molecule has 1 aromatic heterocycles. The van der Waals surface area contributed by atoms with Crippen molar-refractivity contribution in [2.24, 2.45) is 0 Å². The fraction of sp³-hybridized carbons (Fsp3) is 0.333. The van der Waals surface area contributed by atoms with E-state index in [0.717, 1.165) is 15.8 Å². The Hall–Kier alpha value is -3.34. The van der Waals surface area contributed by atoms with Crippen molar-refractivity contribution in [3.8, 4) is 5.19 Å². The van der Waals surface area contributed by atoms with Gasteiger partial charge in [-0.2, -0.15) is 0 Å². The second-order valence-electron chi connectivity index (χ2n) is 9.90. The Kier molecular flexibility index (Phi) is 7.33. The summed E-state index contributed by atoms with van der Waals surface area (Å²) in [5.74, 6) is -1.28. The molecular formula is C30H29NO7S. The number of rotatable bonds is 9. The molecule has 2 aliphatic rings. The predicted octanol–water partition coefficient (Wildman–Crippen LogP) is 5.36. The zero-order valence-corrected chi connectivity index (χ0v) is 22.4. The summed E-state index contributed by atoms with van der Waals surface area (Å²) in [6, 6.07) is 26.5. The van der Waals surface area contributed by atoms with Crippen molar-refractivity contribution < 1.29 is 33.2 Å². The van der Waals surface area contributed by atoms with Crippen LogP contribution in [-0.2, 0) is 30.3 Å². The second kappa shape index (κ2) is 11.0. The van der Waals surface area contributed by atoms with E-state index in [1.165, 1.54) is 11.3 Å². The number of carbonyl (C=O) groups is 1. The smallest absolute Gasteiger partial charge is 0.338 e. The molecule has 2 aliphatic heterocycles. The van der Waals surface area contributed by atoms with Crippen molar-refractivity contribution in [1.82, 2.24) is 4.98 Å². The molecule has 0 unspecified atom stereocenters. The van der Waals surface area contributed by atoms with Crippen molar-refractivity contribution in [3.05, 3.63) is 96.1 Å². The maximum atomic E-state index is 12.8. The van der Waals surface area contributed by atoms with Crippen LogP contribution in [0.2, 0.25) is 0 Å². The van der Waals surface area contributed by atoms with Crippen LogP contribution in [0.5, 0.6) is 5.19 Å². The summed E-state index contributed by atoms with van der Waals surface area (Å²) in [7, 11) is 0. The summed E-state index contributed by atoms with van der Waals surface area (Å²) in [5, 5.41) is 0.446. The molecule has 3 heterocycles. The number of benzene rings is 3. The average molecular weight is 548 g/mol. The van der Waals surface area contributed by atoms with Gasteiger partial charge >= 0.3 is 5.97 Å². The molecular weight excluding hydrogens is 518 g/mol. The highest BCUT2D eigenvalue weighted by molar-refractivity contribution is 7.20. The first-order chi connectivity index (χ1) is 18.9. The van der Waals surface area contributed by atoms with Gasteiger partial charge in [0, 0.05) is 0 Å². The molecule has 2 fully saturated rings. The summed E-state index contributed by atoms with van der Waals surface area (Å²) >= 11 is 1.41. The van der Waals surface area contributed by atoms with Crippen molar-refractivity contribution in [2.75, 3.05) is 6.61 Å². The molecule has 9 heteroatoms. The normalized spacial score (nSPS) is 24.4.